The van der Waals surface area contributed by atoms with Crippen LogP contribution in [0.4, 0.5) is 5.69 Å². The highest BCUT2D eigenvalue weighted by molar-refractivity contribution is 9.10. The molecule has 0 fully saturated rings. The summed E-state index contributed by atoms with van der Waals surface area (Å²) in [6.07, 6.45) is 0. The number of imidazole rings is 1. The smallest absolute Gasteiger partial charge is 0.234 e. The molecule has 0 spiro atoms. The number of nitrogens with zero attached hydrogens (tertiary/aromatic N) is 1. The second-order valence-electron chi connectivity index (χ2n) is 5.31. The van der Waals surface area contributed by atoms with Gasteiger partial charge in [0.15, 0.2) is 5.16 Å². The van der Waals surface area contributed by atoms with Crippen LogP contribution in [0, 0.1) is 13.8 Å². The number of aryl methyl sites for hydroxylation is 2. The maximum absolute atomic E-state index is 12.2. The number of para-hydroxylation sites is 2. The molecule has 1 amide bonds. The summed E-state index contributed by atoms with van der Waals surface area (Å²) in [5.74, 6) is 0.276. The van der Waals surface area contributed by atoms with Crippen molar-refractivity contribution in [3.8, 4) is 0 Å². The average molecular weight is 390 g/mol. The number of nitrogens with one attached hydrogen (secondary N) is 2. The normalized spacial score (nSPS) is 10.9. The highest BCUT2D eigenvalue weighted by atomic mass is 79.9. The molecule has 0 saturated heterocycles. The summed E-state index contributed by atoms with van der Waals surface area (Å²) in [7, 11) is 0. The highest BCUT2D eigenvalue weighted by Crippen LogP contribution is 2.26. The molecule has 0 aliphatic rings. The number of benzene rings is 2. The van der Waals surface area contributed by atoms with E-state index >= 15 is 0 Å². The van der Waals surface area contributed by atoms with Crippen molar-refractivity contribution in [2.24, 2.45) is 0 Å². The number of rotatable bonds is 4. The summed E-state index contributed by atoms with van der Waals surface area (Å²) in [6, 6.07) is 11.8. The van der Waals surface area contributed by atoms with Crippen molar-refractivity contribution in [3.05, 3.63) is 52.0 Å². The van der Waals surface area contributed by atoms with E-state index in [2.05, 4.69) is 31.2 Å². The van der Waals surface area contributed by atoms with Crippen LogP contribution in [0.5, 0.6) is 0 Å². The zero-order valence-corrected chi connectivity index (χ0v) is 15.2. The van der Waals surface area contributed by atoms with Crippen molar-refractivity contribution in [1.82, 2.24) is 9.97 Å². The topological polar surface area (TPSA) is 57.8 Å². The summed E-state index contributed by atoms with van der Waals surface area (Å²) < 4.78 is 1.02. The van der Waals surface area contributed by atoms with Gasteiger partial charge in [-0.25, -0.2) is 4.98 Å². The molecule has 0 saturated carbocycles. The zero-order valence-electron chi connectivity index (χ0n) is 12.8. The van der Waals surface area contributed by atoms with Gasteiger partial charge in [0.2, 0.25) is 5.91 Å². The number of aromatic amines is 1. The fraction of sp³-hybridized carbons (Fsp3) is 0.176. The van der Waals surface area contributed by atoms with E-state index in [1.165, 1.54) is 11.8 Å². The summed E-state index contributed by atoms with van der Waals surface area (Å²) in [6.45, 7) is 3.97. The minimum atomic E-state index is -0.0380. The molecule has 0 aliphatic carbocycles. The molecule has 0 bridgehead atoms. The Hall–Kier alpha value is -1.79. The Labute approximate surface area is 147 Å². The predicted molar refractivity (Wildman–Crippen MR) is 99.1 cm³/mol. The lowest BCUT2D eigenvalue weighted by Gasteiger charge is -2.12. The molecule has 0 radical (unpaired) electrons. The van der Waals surface area contributed by atoms with Crippen LogP contribution in [0.25, 0.3) is 11.0 Å². The molecule has 1 aromatic heterocycles. The van der Waals surface area contributed by atoms with Crippen LogP contribution < -0.4 is 5.32 Å². The van der Waals surface area contributed by atoms with E-state index in [9.17, 15) is 4.79 Å². The Bertz CT molecular complexity index is 819. The van der Waals surface area contributed by atoms with Crippen molar-refractivity contribution in [1.29, 1.82) is 0 Å². The first-order valence-electron chi connectivity index (χ1n) is 7.17. The quantitative estimate of drug-likeness (QED) is 0.637. The molecule has 4 nitrogen and oxygen atoms in total. The first-order valence-corrected chi connectivity index (χ1v) is 8.95. The van der Waals surface area contributed by atoms with Crippen LogP contribution in [0.15, 0.2) is 46.0 Å². The van der Waals surface area contributed by atoms with Crippen molar-refractivity contribution < 1.29 is 4.79 Å². The molecule has 3 rings (SSSR count). The highest BCUT2D eigenvalue weighted by Gasteiger charge is 2.10. The number of hydrogen-bond acceptors (Lipinski definition) is 3. The van der Waals surface area contributed by atoms with Crippen LogP contribution >= 0.6 is 27.7 Å². The van der Waals surface area contributed by atoms with Gasteiger partial charge in [0, 0.05) is 10.2 Å². The maximum Gasteiger partial charge on any atom is 0.234 e. The first-order chi connectivity index (χ1) is 11.0. The molecular formula is C17H16BrN3OS. The van der Waals surface area contributed by atoms with Crippen LogP contribution in [-0.4, -0.2) is 21.6 Å². The van der Waals surface area contributed by atoms with Crippen LogP contribution in [0.2, 0.25) is 0 Å². The number of H-pyrrole nitrogens is 1. The molecular weight excluding hydrogens is 374 g/mol. The van der Waals surface area contributed by atoms with E-state index in [4.69, 9.17) is 0 Å². The molecule has 118 valence electrons. The Morgan fingerprint density at radius 1 is 1.26 bits per heavy atom. The molecule has 23 heavy (non-hydrogen) atoms. The van der Waals surface area contributed by atoms with Crippen molar-refractivity contribution >= 4 is 50.3 Å². The van der Waals surface area contributed by atoms with Gasteiger partial charge >= 0.3 is 0 Å². The van der Waals surface area contributed by atoms with E-state index in [1.807, 2.05) is 50.2 Å². The van der Waals surface area contributed by atoms with E-state index in [0.717, 1.165) is 37.5 Å². The summed E-state index contributed by atoms with van der Waals surface area (Å²) >= 11 is 4.86. The molecule has 0 aliphatic heterocycles. The van der Waals surface area contributed by atoms with Gasteiger partial charge in [0.25, 0.3) is 0 Å². The molecule has 0 unspecified atom stereocenters. The number of thioether (sulfide) groups is 1. The second-order valence-corrected chi connectivity index (χ2v) is 7.19. The maximum atomic E-state index is 12.2. The Kier molecular flexibility index (Phi) is 4.73. The predicted octanol–water partition coefficient (Wildman–Crippen LogP) is 4.67. The second kappa shape index (κ2) is 6.76. The van der Waals surface area contributed by atoms with E-state index in [0.29, 0.717) is 5.75 Å². The van der Waals surface area contributed by atoms with Crippen LogP contribution in [0.3, 0.4) is 0 Å². The fourth-order valence-corrected chi connectivity index (χ4v) is 3.79. The van der Waals surface area contributed by atoms with E-state index < -0.39 is 0 Å². The minimum Gasteiger partial charge on any atom is -0.333 e. The third kappa shape index (κ3) is 3.76. The van der Waals surface area contributed by atoms with Gasteiger partial charge in [-0.15, -0.1) is 0 Å². The fourth-order valence-electron chi connectivity index (χ4n) is 2.42. The number of hydrogen-bond donors (Lipinski definition) is 2. The van der Waals surface area contributed by atoms with Gasteiger partial charge in [-0.3, -0.25) is 4.79 Å². The van der Waals surface area contributed by atoms with Crippen molar-refractivity contribution in [3.63, 3.8) is 0 Å². The lowest BCUT2D eigenvalue weighted by atomic mass is 10.1. The van der Waals surface area contributed by atoms with Gasteiger partial charge in [0.1, 0.15) is 0 Å². The number of amides is 1. The monoisotopic (exact) mass is 389 g/mol. The van der Waals surface area contributed by atoms with Gasteiger partial charge < -0.3 is 10.3 Å². The summed E-state index contributed by atoms with van der Waals surface area (Å²) in [5, 5.41) is 3.74. The van der Waals surface area contributed by atoms with Crippen molar-refractivity contribution in [2.75, 3.05) is 11.1 Å². The van der Waals surface area contributed by atoms with Gasteiger partial charge in [0.05, 0.1) is 16.8 Å². The van der Waals surface area contributed by atoms with E-state index in [-0.39, 0.29) is 5.91 Å². The zero-order chi connectivity index (χ0) is 16.4. The van der Waals surface area contributed by atoms with Crippen molar-refractivity contribution in [2.45, 2.75) is 19.0 Å². The largest absolute Gasteiger partial charge is 0.333 e. The number of carbonyl (C=O) groups excluding carboxylic acids is 1. The number of anilines is 1. The molecule has 2 N–H and O–H groups in total. The standard InChI is InChI=1S/C17H16BrN3OS/c1-10-7-12(18)8-11(2)16(10)21-15(22)9-23-17-19-13-5-3-4-6-14(13)20-17/h3-8H,9H2,1-2H3,(H,19,20)(H,21,22). The lowest BCUT2D eigenvalue weighted by molar-refractivity contribution is -0.113. The molecule has 0 atom stereocenters. The van der Waals surface area contributed by atoms with Gasteiger partial charge in [-0.2, -0.15) is 0 Å². The average Bonchev–Trinajstić information content (AvgIpc) is 2.91. The molecule has 1 heterocycles. The van der Waals surface area contributed by atoms with Gasteiger partial charge in [-0.05, 0) is 49.2 Å². The number of fused-ring (bicyclic) bond motifs is 1. The minimum absolute atomic E-state index is 0.0380. The Balaban J connectivity index is 1.66. The third-order valence-corrected chi connectivity index (χ3v) is 4.80. The third-order valence-electron chi connectivity index (χ3n) is 3.47. The molecule has 3 aromatic rings. The number of halogens is 1. The number of carbonyl (C=O) groups is 1. The van der Waals surface area contributed by atoms with Crippen LogP contribution in [-0.2, 0) is 4.79 Å². The summed E-state index contributed by atoms with van der Waals surface area (Å²) in [5.41, 5.74) is 4.85. The summed E-state index contributed by atoms with van der Waals surface area (Å²) in [4.78, 5) is 19.9. The molecule has 2 aromatic carbocycles. The first kappa shape index (κ1) is 16.1. The van der Waals surface area contributed by atoms with Crippen LogP contribution in [0.1, 0.15) is 11.1 Å². The molecule has 6 heteroatoms. The number of aromatic nitrogens is 2. The lowest BCUT2D eigenvalue weighted by Crippen LogP contribution is -2.15. The SMILES string of the molecule is Cc1cc(Br)cc(C)c1NC(=O)CSc1nc2ccccc2[nH]1. The van der Waals surface area contributed by atoms with E-state index in [1.54, 1.807) is 0 Å². The Morgan fingerprint density at radius 3 is 2.65 bits per heavy atom. The van der Waals surface area contributed by atoms with Gasteiger partial charge in [-0.1, -0.05) is 39.8 Å². The Morgan fingerprint density at radius 2 is 1.96 bits per heavy atom.